The lowest BCUT2D eigenvalue weighted by Gasteiger charge is -2.10. The van der Waals surface area contributed by atoms with Gasteiger partial charge in [0.05, 0.1) is 17.0 Å². The molecule has 0 N–H and O–H groups in total. The lowest BCUT2D eigenvalue weighted by molar-refractivity contribution is -0.116. The molecule has 0 atom stereocenters. The number of benzene rings is 1. The second-order valence-corrected chi connectivity index (χ2v) is 4.45. The molecule has 0 bridgehead atoms. The molecule has 15 heavy (non-hydrogen) atoms. The zero-order valence-corrected chi connectivity index (χ0v) is 10.5. The number of ketones is 1. The number of ether oxygens (including phenoxy) is 1. The Kier molecular flexibility index (Phi) is 4.48. The van der Waals surface area contributed by atoms with Crippen molar-refractivity contribution in [2.24, 2.45) is 0 Å². The van der Waals surface area contributed by atoms with Crippen molar-refractivity contribution in [1.82, 2.24) is 0 Å². The first kappa shape index (κ1) is 12.4. The summed E-state index contributed by atoms with van der Waals surface area (Å²) < 4.78 is 5.19. The Bertz CT molecular complexity index is 377. The van der Waals surface area contributed by atoms with Gasteiger partial charge in [-0.05, 0) is 30.9 Å². The molecule has 1 aromatic rings. The van der Waals surface area contributed by atoms with E-state index in [0.717, 1.165) is 10.5 Å². The number of carbonyl (C=O) groups is 1. The monoisotopic (exact) mass is 244 g/mol. The minimum absolute atomic E-state index is 0.128. The zero-order valence-electron chi connectivity index (χ0n) is 8.96. The van der Waals surface area contributed by atoms with Gasteiger partial charge in [0.25, 0.3) is 0 Å². The van der Waals surface area contributed by atoms with Crippen molar-refractivity contribution in [2.45, 2.75) is 18.2 Å². The van der Waals surface area contributed by atoms with Crippen LogP contribution in [-0.2, 0) is 11.2 Å². The van der Waals surface area contributed by atoms with Crippen LogP contribution in [0.15, 0.2) is 17.0 Å². The number of rotatable bonds is 4. The molecular formula is C11H13ClO2S. The van der Waals surface area contributed by atoms with Crippen LogP contribution in [-0.4, -0.2) is 19.1 Å². The minimum atomic E-state index is 0.128. The molecule has 0 radical (unpaired) electrons. The van der Waals surface area contributed by atoms with Crippen molar-refractivity contribution in [3.63, 3.8) is 0 Å². The van der Waals surface area contributed by atoms with Gasteiger partial charge in [0.2, 0.25) is 0 Å². The van der Waals surface area contributed by atoms with Crippen molar-refractivity contribution in [3.8, 4) is 5.75 Å². The van der Waals surface area contributed by atoms with E-state index in [1.54, 1.807) is 31.9 Å². The van der Waals surface area contributed by atoms with E-state index in [9.17, 15) is 4.79 Å². The highest BCUT2D eigenvalue weighted by Gasteiger charge is 2.10. The molecule has 0 saturated carbocycles. The molecule has 0 aliphatic rings. The summed E-state index contributed by atoms with van der Waals surface area (Å²) in [6, 6.07) is 3.72. The van der Waals surface area contributed by atoms with E-state index in [4.69, 9.17) is 16.3 Å². The first-order valence-electron chi connectivity index (χ1n) is 4.48. The average molecular weight is 245 g/mol. The molecule has 0 spiro atoms. The first-order chi connectivity index (χ1) is 7.08. The second kappa shape index (κ2) is 5.42. The second-order valence-electron chi connectivity index (χ2n) is 3.19. The zero-order chi connectivity index (χ0) is 11.4. The first-order valence-corrected chi connectivity index (χ1v) is 6.08. The quantitative estimate of drug-likeness (QED) is 0.761. The van der Waals surface area contributed by atoms with Crippen LogP contribution in [0.3, 0.4) is 0 Å². The van der Waals surface area contributed by atoms with Crippen LogP contribution >= 0.6 is 23.4 Å². The Balaban J connectivity index is 3.13. The summed E-state index contributed by atoms with van der Waals surface area (Å²) in [5.74, 6) is 0.805. The van der Waals surface area contributed by atoms with Gasteiger partial charge in [0.15, 0.2) is 5.75 Å². The standard InChI is InChI=1S/C11H13ClO2S/c1-7(13)4-8-5-9(12)11(14-2)10(6-8)15-3/h5-6H,4H2,1-3H3. The molecular weight excluding hydrogens is 232 g/mol. The van der Waals surface area contributed by atoms with Crippen molar-refractivity contribution in [1.29, 1.82) is 0 Å². The Morgan fingerprint density at radius 1 is 1.53 bits per heavy atom. The third-order valence-corrected chi connectivity index (χ3v) is 2.97. The lowest BCUT2D eigenvalue weighted by atomic mass is 10.1. The summed E-state index contributed by atoms with van der Waals surface area (Å²) in [6.07, 6.45) is 2.36. The van der Waals surface area contributed by atoms with E-state index >= 15 is 0 Å². The molecule has 82 valence electrons. The fraction of sp³-hybridized carbons (Fsp3) is 0.364. The highest BCUT2D eigenvalue weighted by molar-refractivity contribution is 7.98. The van der Waals surface area contributed by atoms with Gasteiger partial charge in [-0.3, -0.25) is 4.79 Å². The van der Waals surface area contributed by atoms with Crippen LogP contribution in [0.25, 0.3) is 0 Å². The van der Waals surface area contributed by atoms with E-state index in [1.807, 2.05) is 12.3 Å². The summed E-state index contributed by atoms with van der Waals surface area (Å²) in [5, 5.41) is 0.556. The topological polar surface area (TPSA) is 26.3 Å². The summed E-state index contributed by atoms with van der Waals surface area (Å²) in [7, 11) is 1.59. The molecule has 0 fully saturated rings. The molecule has 0 aromatic heterocycles. The minimum Gasteiger partial charge on any atom is -0.494 e. The number of Topliss-reactive ketones (excluding diaryl/α,β-unsaturated/α-hetero) is 1. The highest BCUT2D eigenvalue weighted by atomic mass is 35.5. The third kappa shape index (κ3) is 3.14. The highest BCUT2D eigenvalue weighted by Crippen LogP contribution is 2.35. The normalized spacial score (nSPS) is 10.1. The maximum atomic E-state index is 11.0. The van der Waals surface area contributed by atoms with Gasteiger partial charge in [0, 0.05) is 6.42 Å². The third-order valence-electron chi connectivity index (χ3n) is 1.95. The molecule has 0 aliphatic carbocycles. The van der Waals surface area contributed by atoms with Gasteiger partial charge in [-0.25, -0.2) is 0 Å². The van der Waals surface area contributed by atoms with Crippen LogP contribution in [0.4, 0.5) is 0 Å². The predicted octanol–water partition coefficient (Wildman–Crippen LogP) is 3.20. The Labute approximate surface area is 99.0 Å². The number of halogens is 1. The number of carbonyl (C=O) groups excluding carboxylic acids is 1. The summed E-state index contributed by atoms with van der Waals surface area (Å²) in [4.78, 5) is 12.0. The fourth-order valence-corrected chi connectivity index (χ4v) is 2.38. The van der Waals surface area contributed by atoms with Gasteiger partial charge in [-0.15, -0.1) is 11.8 Å². The van der Waals surface area contributed by atoms with Gasteiger partial charge in [-0.2, -0.15) is 0 Å². The molecule has 0 unspecified atom stereocenters. The van der Waals surface area contributed by atoms with Crippen molar-refractivity contribution in [3.05, 3.63) is 22.7 Å². The van der Waals surface area contributed by atoms with E-state index in [2.05, 4.69) is 0 Å². The van der Waals surface area contributed by atoms with Crippen molar-refractivity contribution >= 4 is 29.1 Å². The summed E-state index contributed by atoms with van der Waals surface area (Å²) in [6.45, 7) is 1.57. The van der Waals surface area contributed by atoms with Crippen molar-refractivity contribution < 1.29 is 9.53 Å². The number of thioether (sulfide) groups is 1. The fourth-order valence-electron chi connectivity index (χ4n) is 1.36. The number of methoxy groups -OCH3 is 1. The SMILES string of the molecule is COc1c(Cl)cc(CC(C)=O)cc1SC. The molecule has 0 amide bonds. The van der Waals surface area contributed by atoms with E-state index < -0.39 is 0 Å². The van der Waals surface area contributed by atoms with Gasteiger partial charge >= 0.3 is 0 Å². The largest absolute Gasteiger partial charge is 0.494 e. The van der Waals surface area contributed by atoms with Gasteiger partial charge in [-0.1, -0.05) is 11.6 Å². The van der Waals surface area contributed by atoms with E-state index in [1.165, 1.54) is 0 Å². The Morgan fingerprint density at radius 2 is 2.20 bits per heavy atom. The smallest absolute Gasteiger partial charge is 0.150 e. The maximum absolute atomic E-state index is 11.0. The molecule has 1 aromatic carbocycles. The molecule has 0 aliphatic heterocycles. The number of hydrogen-bond donors (Lipinski definition) is 0. The molecule has 0 heterocycles. The van der Waals surface area contributed by atoms with Crippen LogP contribution in [0.2, 0.25) is 5.02 Å². The molecule has 1 rings (SSSR count). The molecule has 2 nitrogen and oxygen atoms in total. The average Bonchev–Trinajstić information content (AvgIpc) is 2.15. The summed E-state index contributed by atoms with van der Waals surface area (Å²) in [5.41, 5.74) is 0.928. The lowest BCUT2D eigenvalue weighted by Crippen LogP contribution is -1.98. The Morgan fingerprint density at radius 3 is 2.67 bits per heavy atom. The molecule has 4 heteroatoms. The van der Waals surface area contributed by atoms with E-state index in [0.29, 0.717) is 17.2 Å². The van der Waals surface area contributed by atoms with Gasteiger partial charge < -0.3 is 4.74 Å². The Hall–Kier alpha value is -0.670. The van der Waals surface area contributed by atoms with Crippen molar-refractivity contribution in [2.75, 3.05) is 13.4 Å². The van der Waals surface area contributed by atoms with Crippen LogP contribution in [0, 0.1) is 0 Å². The summed E-state index contributed by atoms with van der Waals surface area (Å²) >= 11 is 7.60. The number of hydrogen-bond acceptors (Lipinski definition) is 3. The van der Waals surface area contributed by atoms with Crippen LogP contribution in [0.1, 0.15) is 12.5 Å². The van der Waals surface area contributed by atoms with Gasteiger partial charge in [0.1, 0.15) is 5.78 Å². The predicted molar refractivity (Wildman–Crippen MR) is 64.2 cm³/mol. The molecule has 0 saturated heterocycles. The maximum Gasteiger partial charge on any atom is 0.150 e. The van der Waals surface area contributed by atoms with Crippen LogP contribution in [0.5, 0.6) is 5.75 Å². The van der Waals surface area contributed by atoms with E-state index in [-0.39, 0.29) is 5.78 Å². The van der Waals surface area contributed by atoms with Crippen LogP contribution < -0.4 is 4.74 Å².